The van der Waals surface area contributed by atoms with Gasteiger partial charge in [0.05, 0.1) is 7.11 Å². The molecule has 0 unspecified atom stereocenters. The molecular formula is C8H11NO3. The van der Waals surface area contributed by atoms with E-state index in [9.17, 15) is 9.59 Å². The molecule has 0 radical (unpaired) electrons. The Morgan fingerprint density at radius 1 is 1.58 bits per heavy atom. The van der Waals surface area contributed by atoms with Crippen molar-refractivity contribution >= 4 is 11.9 Å². The van der Waals surface area contributed by atoms with Crippen LogP contribution in [0.1, 0.15) is 6.92 Å². The molecule has 1 rings (SSSR count). The van der Waals surface area contributed by atoms with Crippen molar-refractivity contribution in [2.45, 2.75) is 13.0 Å². The van der Waals surface area contributed by atoms with Crippen LogP contribution in [0.25, 0.3) is 0 Å². The zero-order valence-electron chi connectivity index (χ0n) is 7.11. The summed E-state index contributed by atoms with van der Waals surface area (Å²) in [5.74, 6) is -0.505. The zero-order valence-corrected chi connectivity index (χ0v) is 7.11. The van der Waals surface area contributed by atoms with Crippen molar-refractivity contribution in [3.63, 3.8) is 0 Å². The molecule has 1 atom stereocenters. The highest BCUT2D eigenvalue weighted by Gasteiger charge is 2.28. The summed E-state index contributed by atoms with van der Waals surface area (Å²) in [7, 11) is 1.31. The van der Waals surface area contributed by atoms with Crippen molar-refractivity contribution in [3.8, 4) is 0 Å². The van der Waals surface area contributed by atoms with Crippen LogP contribution in [0.15, 0.2) is 12.2 Å². The van der Waals surface area contributed by atoms with Crippen LogP contribution in [-0.4, -0.2) is 36.5 Å². The molecule has 0 N–H and O–H groups in total. The second kappa shape index (κ2) is 3.38. The third-order valence-corrected chi connectivity index (χ3v) is 1.80. The number of rotatable bonds is 1. The van der Waals surface area contributed by atoms with Crippen LogP contribution in [0.3, 0.4) is 0 Å². The van der Waals surface area contributed by atoms with Gasteiger partial charge >= 0.3 is 5.97 Å². The first-order valence-electron chi connectivity index (χ1n) is 3.68. The normalized spacial score (nSPS) is 21.2. The molecule has 0 saturated carbocycles. The summed E-state index contributed by atoms with van der Waals surface area (Å²) in [5.41, 5.74) is 0. The molecule has 12 heavy (non-hydrogen) atoms. The van der Waals surface area contributed by atoms with Gasteiger partial charge in [-0.25, -0.2) is 4.79 Å². The van der Waals surface area contributed by atoms with E-state index >= 15 is 0 Å². The average molecular weight is 169 g/mol. The molecule has 0 bridgehead atoms. The maximum Gasteiger partial charge on any atom is 0.332 e. The predicted octanol–water partition coefficient (Wildman–Crippen LogP) is -0.0537. The third kappa shape index (κ3) is 1.47. The summed E-state index contributed by atoms with van der Waals surface area (Å²) in [4.78, 5) is 23.5. The van der Waals surface area contributed by atoms with Crippen LogP contribution < -0.4 is 0 Å². The maximum absolute atomic E-state index is 11.1. The van der Waals surface area contributed by atoms with Crippen LogP contribution in [0.2, 0.25) is 0 Å². The van der Waals surface area contributed by atoms with E-state index in [1.54, 1.807) is 12.2 Å². The molecule has 0 spiro atoms. The number of ether oxygens (including phenoxy) is 1. The Balaban J connectivity index is 2.69. The molecule has 0 fully saturated rings. The summed E-state index contributed by atoms with van der Waals surface area (Å²) >= 11 is 0. The third-order valence-electron chi connectivity index (χ3n) is 1.80. The number of nitrogens with zero attached hydrogens (tertiary/aromatic N) is 1. The van der Waals surface area contributed by atoms with E-state index < -0.39 is 6.04 Å². The number of amides is 1. The number of methoxy groups -OCH3 is 1. The van der Waals surface area contributed by atoms with Gasteiger partial charge in [0.15, 0.2) is 0 Å². The van der Waals surface area contributed by atoms with E-state index in [0.717, 1.165) is 0 Å². The molecule has 0 saturated heterocycles. The minimum absolute atomic E-state index is 0.115. The average Bonchev–Trinajstić information content (AvgIpc) is 2.50. The highest BCUT2D eigenvalue weighted by molar-refractivity contribution is 5.85. The Bertz CT molecular complexity index is 234. The fraction of sp³-hybridized carbons (Fsp3) is 0.500. The largest absolute Gasteiger partial charge is 0.467 e. The lowest BCUT2D eigenvalue weighted by atomic mass is 10.3. The van der Waals surface area contributed by atoms with Crippen molar-refractivity contribution in [1.82, 2.24) is 4.90 Å². The quantitative estimate of drug-likeness (QED) is 0.408. The van der Waals surface area contributed by atoms with Crippen LogP contribution in [0, 0.1) is 0 Å². The van der Waals surface area contributed by atoms with Crippen molar-refractivity contribution in [2.75, 3.05) is 13.7 Å². The summed E-state index contributed by atoms with van der Waals surface area (Å²) in [5, 5.41) is 0. The van der Waals surface area contributed by atoms with E-state index in [0.29, 0.717) is 6.54 Å². The fourth-order valence-electron chi connectivity index (χ4n) is 1.17. The Kier molecular flexibility index (Phi) is 2.47. The summed E-state index contributed by atoms with van der Waals surface area (Å²) in [6.07, 6.45) is 3.45. The highest BCUT2D eigenvalue weighted by Crippen LogP contribution is 2.10. The van der Waals surface area contributed by atoms with Gasteiger partial charge in [0.2, 0.25) is 5.91 Å². The van der Waals surface area contributed by atoms with Crippen LogP contribution in [0.5, 0.6) is 0 Å². The molecule has 0 aromatic heterocycles. The van der Waals surface area contributed by atoms with Crippen LogP contribution >= 0.6 is 0 Å². The highest BCUT2D eigenvalue weighted by atomic mass is 16.5. The lowest BCUT2D eigenvalue weighted by Crippen LogP contribution is -2.40. The summed E-state index contributed by atoms with van der Waals surface area (Å²) in [6.45, 7) is 1.93. The van der Waals surface area contributed by atoms with Gasteiger partial charge < -0.3 is 9.64 Å². The molecule has 66 valence electrons. The van der Waals surface area contributed by atoms with Crippen molar-refractivity contribution < 1.29 is 14.3 Å². The van der Waals surface area contributed by atoms with Gasteiger partial charge in [-0.05, 0) is 0 Å². The Hall–Kier alpha value is -1.32. The summed E-state index contributed by atoms with van der Waals surface area (Å²) in [6, 6.07) is -0.521. The van der Waals surface area contributed by atoms with Gasteiger partial charge in [0.25, 0.3) is 0 Å². The first kappa shape index (κ1) is 8.77. The lowest BCUT2D eigenvalue weighted by Gasteiger charge is -2.20. The number of esters is 1. The standard InChI is InChI=1S/C8H11NO3/c1-6(10)9-5-3-4-7(9)8(11)12-2/h3-4,7H,5H2,1-2H3/t7-/m0/s1. The number of carbonyl (C=O) groups excluding carboxylic acids is 2. The van der Waals surface area contributed by atoms with Gasteiger partial charge in [-0.2, -0.15) is 0 Å². The Morgan fingerprint density at radius 2 is 2.25 bits per heavy atom. The monoisotopic (exact) mass is 169 g/mol. The van der Waals surface area contributed by atoms with Gasteiger partial charge in [-0.3, -0.25) is 4.79 Å². The molecule has 0 aromatic rings. The van der Waals surface area contributed by atoms with Gasteiger partial charge in [0.1, 0.15) is 6.04 Å². The zero-order chi connectivity index (χ0) is 9.14. The van der Waals surface area contributed by atoms with Gasteiger partial charge in [-0.15, -0.1) is 0 Å². The van der Waals surface area contributed by atoms with E-state index in [2.05, 4.69) is 4.74 Å². The van der Waals surface area contributed by atoms with Crippen molar-refractivity contribution in [1.29, 1.82) is 0 Å². The van der Waals surface area contributed by atoms with Crippen LogP contribution in [0.4, 0.5) is 0 Å². The number of hydrogen-bond donors (Lipinski definition) is 0. The second-order valence-corrected chi connectivity index (χ2v) is 2.57. The Morgan fingerprint density at radius 3 is 2.75 bits per heavy atom. The number of hydrogen-bond acceptors (Lipinski definition) is 3. The maximum atomic E-state index is 11.1. The van der Waals surface area contributed by atoms with Crippen molar-refractivity contribution in [3.05, 3.63) is 12.2 Å². The molecule has 0 aromatic carbocycles. The van der Waals surface area contributed by atoms with E-state index in [1.807, 2.05) is 0 Å². The van der Waals surface area contributed by atoms with Crippen LogP contribution in [-0.2, 0) is 14.3 Å². The van der Waals surface area contributed by atoms with Gasteiger partial charge in [0, 0.05) is 13.5 Å². The van der Waals surface area contributed by atoms with Gasteiger partial charge in [-0.1, -0.05) is 12.2 Å². The topological polar surface area (TPSA) is 46.6 Å². The lowest BCUT2D eigenvalue weighted by molar-refractivity contribution is -0.149. The molecular weight excluding hydrogens is 158 g/mol. The second-order valence-electron chi connectivity index (χ2n) is 2.57. The predicted molar refractivity (Wildman–Crippen MR) is 42.3 cm³/mol. The molecule has 4 nitrogen and oxygen atoms in total. The molecule has 0 aliphatic carbocycles. The molecule has 4 heteroatoms. The van der Waals surface area contributed by atoms with Crippen molar-refractivity contribution in [2.24, 2.45) is 0 Å². The number of carbonyl (C=O) groups is 2. The fourth-order valence-corrected chi connectivity index (χ4v) is 1.17. The molecule has 1 amide bonds. The molecule has 1 aliphatic heterocycles. The molecule has 1 aliphatic rings. The first-order valence-corrected chi connectivity index (χ1v) is 3.68. The van der Waals surface area contributed by atoms with E-state index in [1.165, 1.54) is 18.9 Å². The smallest absolute Gasteiger partial charge is 0.332 e. The Labute approximate surface area is 70.8 Å². The SMILES string of the molecule is COC(=O)[C@@H]1C=CCN1C(C)=O. The first-order chi connectivity index (χ1) is 5.66. The molecule has 1 heterocycles. The summed E-state index contributed by atoms with van der Waals surface area (Å²) < 4.78 is 4.53. The van der Waals surface area contributed by atoms with E-state index in [-0.39, 0.29) is 11.9 Å². The minimum Gasteiger partial charge on any atom is -0.467 e. The minimum atomic E-state index is -0.521. The van der Waals surface area contributed by atoms with E-state index in [4.69, 9.17) is 0 Å².